The van der Waals surface area contributed by atoms with Gasteiger partial charge in [0, 0.05) is 11.6 Å². The van der Waals surface area contributed by atoms with E-state index >= 15 is 0 Å². The van der Waals surface area contributed by atoms with Crippen LogP contribution >= 0.6 is 11.6 Å². The Morgan fingerprint density at radius 2 is 1.96 bits per heavy atom. The monoisotopic (exact) mass is 348 g/mol. The third-order valence-electron chi connectivity index (χ3n) is 3.20. The van der Waals surface area contributed by atoms with Gasteiger partial charge in [0.05, 0.1) is 34.7 Å². The SMILES string of the molecule is COC(=O)c1ccc(NC(=O)Cc2ccccc2[N+](=O)[O-])c(Cl)c1. The first-order valence-corrected chi connectivity index (χ1v) is 7.20. The number of hydrogen-bond donors (Lipinski definition) is 1. The van der Waals surface area contributed by atoms with Crippen LogP contribution in [0.3, 0.4) is 0 Å². The molecule has 0 saturated carbocycles. The van der Waals surface area contributed by atoms with Crippen LogP contribution in [0.2, 0.25) is 5.02 Å². The standard InChI is InChI=1S/C16H13ClN2O5/c1-24-16(21)11-6-7-13(12(17)8-11)18-15(20)9-10-4-2-3-5-14(10)19(22)23/h2-8H,9H2,1H3,(H,18,20). The summed E-state index contributed by atoms with van der Waals surface area (Å²) in [6, 6.07) is 10.3. The molecule has 0 aliphatic rings. The van der Waals surface area contributed by atoms with Crippen LogP contribution in [0.25, 0.3) is 0 Å². The van der Waals surface area contributed by atoms with Gasteiger partial charge in [-0.25, -0.2) is 4.79 Å². The van der Waals surface area contributed by atoms with Gasteiger partial charge in [-0.05, 0) is 18.2 Å². The van der Waals surface area contributed by atoms with Gasteiger partial charge >= 0.3 is 5.97 Å². The van der Waals surface area contributed by atoms with E-state index in [4.69, 9.17) is 11.6 Å². The molecular weight excluding hydrogens is 336 g/mol. The largest absolute Gasteiger partial charge is 0.465 e. The highest BCUT2D eigenvalue weighted by Crippen LogP contribution is 2.24. The van der Waals surface area contributed by atoms with Crippen LogP contribution < -0.4 is 5.32 Å². The Labute approximate surface area is 142 Å². The van der Waals surface area contributed by atoms with Gasteiger partial charge < -0.3 is 10.1 Å². The molecule has 2 rings (SSSR count). The van der Waals surface area contributed by atoms with Gasteiger partial charge in [0.25, 0.3) is 5.69 Å². The molecule has 0 spiro atoms. The van der Waals surface area contributed by atoms with Crippen molar-refractivity contribution in [1.82, 2.24) is 0 Å². The molecule has 1 amide bonds. The van der Waals surface area contributed by atoms with Crippen LogP contribution in [0.5, 0.6) is 0 Å². The van der Waals surface area contributed by atoms with E-state index in [0.717, 1.165) is 0 Å². The van der Waals surface area contributed by atoms with Crippen LogP contribution in [0, 0.1) is 10.1 Å². The molecule has 0 saturated heterocycles. The van der Waals surface area contributed by atoms with Gasteiger partial charge in [0.15, 0.2) is 0 Å². The zero-order chi connectivity index (χ0) is 17.7. The molecule has 2 aromatic carbocycles. The minimum absolute atomic E-state index is 0.125. The molecule has 0 aliphatic carbocycles. The maximum absolute atomic E-state index is 12.1. The maximum Gasteiger partial charge on any atom is 0.337 e. The van der Waals surface area contributed by atoms with Gasteiger partial charge in [-0.15, -0.1) is 0 Å². The predicted molar refractivity (Wildman–Crippen MR) is 88.2 cm³/mol. The topological polar surface area (TPSA) is 98.5 Å². The second-order valence-corrected chi connectivity index (χ2v) is 5.20. The number of carbonyl (C=O) groups excluding carboxylic acids is 2. The number of nitrogens with one attached hydrogen (secondary N) is 1. The van der Waals surface area contributed by atoms with Crippen molar-refractivity contribution in [3.8, 4) is 0 Å². The van der Waals surface area contributed by atoms with Crippen molar-refractivity contribution in [2.75, 3.05) is 12.4 Å². The van der Waals surface area contributed by atoms with Crippen molar-refractivity contribution in [2.24, 2.45) is 0 Å². The smallest absolute Gasteiger partial charge is 0.337 e. The number of benzene rings is 2. The highest BCUT2D eigenvalue weighted by atomic mass is 35.5. The van der Waals surface area contributed by atoms with E-state index in [-0.39, 0.29) is 22.7 Å². The Hall–Kier alpha value is -2.93. The summed E-state index contributed by atoms with van der Waals surface area (Å²) < 4.78 is 4.58. The summed E-state index contributed by atoms with van der Waals surface area (Å²) in [4.78, 5) is 33.9. The van der Waals surface area contributed by atoms with Crippen molar-refractivity contribution >= 4 is 34.9 Å². The van der Waals surface area contributed by atoms with Gasteiger partial charge in [0.2, 0.25) is 5.91 Å². The molecule has 1 N–H and O–H groups in total. The number of esters is 1. The van der Waals surface area contributed by atoms with E-state index in [9.17, 15) is 19.7 Å². The second kappa shape index (κ2) is 7.56. The van der Waals surface area contributed by atoms with Crippen LogP contribution in [0.1, 0.15) is 15.9 Å². The summed E-state index contributed by atoms with van der Waals surface area (Å²) in [6.45, 7) is 0. The highest BCUT2D eigenvalue weighted by Gasteiger charge is 2.16. The molecule has 7 nitrogen and oxygen atoms in total. The number of halogens is 1. The van der Waals surface area contributed by atoms with Crippen molar-refractivity contribution in [3.05, 3.63) is 68.7 Å². The van der Waals surface area contributed by atoms with Crippen molar-refractivity contribution < 1.29 is 19.2 Å². The minimum atomic E-state index is -0.547. The molecule has 24 heavy (non-hydrogen) atoms. The summed E-state index contributed by atoms with van der Waals surface area (Å²) in [5, 5.41) is 13.7. The second-order valence-electron chi connectivity index (χ2n) is 4.80. The van der Waals surface area contributed by atoms with E-state index in [1.807, 2.05) is 0 Å². The molecule has 0 unspecified atom stereocenters. The number of ether oxygens (including phenoxy) is 1. The molecule has 124 valence electrons. The molecule has 0 fully saturated rings. The first kappa shape index (κ1) is 17.4. The highest BCUT2D eigenvalue weighted by molar-refractivity contribution is 6.34. The molecule has 0 bridgehead atoms. The lowest BCUT2D eigenvalue weighted by molar-refractivity contribution is -0.385. The lowest BCUT2D eigenvalue weighted by Gasteiger charge is -2.09. The van der Waals surface area contributed by atoms with Crippen LogP contribution in [-0.2, 0) is 16.0 Å². The molecule has 0 atom stereocenters. The fourth-order valence-electron chi connectivity index (χ4n) is 2.07. The van der Waals surface area contributed by atoms with E-state index in [2.05, 4.69) is 10.1 Å². The van der Waals surface area contributed by atoms with Gasteiger partial charge in [0.1, 0.15) is 0 Å². The summed E-state index contributed by atoms with van der Waals surface area (Å²) in [5.41, 5.74) is 0.717. The maximum atomic E-state index is 12.1. The number of nitrogens with zero attached hydrogens (tertiary/aromatic N) is 1. The number of carbonyl (C=O) groups is 2. The zero-order valence-electron chi connectivity index (χ0n) is 12.6. The van der Waals surface area contributed by atoms with Crippen LogP contribution in [0.15, 0.2) is 42.5 Å². The molecule has 2 aromatic rings. The summed E-state index contributed by atoms with van der Waals surface area (Å²) in [5.74, 6) is -1.01. The Morgan fingerprint density at radius 3 is 2.58 bits per heavy atom. The van der Waals surface area contributed by atoms with Gasteiger partial charge in [-0.3, -0.25) is 14.9 Å². The van der Waals surface area contributed by atoms with E-state index in [0.29, 0.717) is 11.3 Å². The quantitative estimate of drug-likeness (QED) is 0.508. The van der Waals surface area contributed by atoms with Crippen molar-refractivity contribution in [2.45, 2.75) is 6.42 Å². The first-order valence-electron chi connectivity index (χ1n) is 6.82. The van der Waals surface area contributed by atoms with E-state index in [1.165, 1.54) is 43.5 Å². The molecule has 0 aromatic heterocycles. The first-order chi connectivity index (χ1) is 11.4. The lowest BCUT2D eigenvalue weighted by atomic mass is 10.1. The van der Waals surface area contributed by atoms with Crippen molar-refractivity contribution in [3.63, 3.8) is 0 Å². The summed E-state index contributed by atoms with van der Waals surface area (Å²) in [7, 11) is 1.25. The molecule has 0 radical (unpaired) electrons. The number of rotatable bonds is 5. The number of nitro groups is 1. The molecular formula is C16H13ClN2O5. The third-order valence-corrected chi connectivity index (χ3v) is 3.52. The molecule has 0 aliphatic heterocycles. The fraction of sp³-hybridized carbons (Fsp3) is 0.125. The normalized spacial score (nSPS) is 10.1. The van der Waals surface area contributed by atoms with Crippen LogP contribution in [-0.4, -0.2) is 23.9 Å². The Morgan fingerprint density at radius 1 is 1.25 bits per heavy atom. The Balaban J connectivity index is 2.13. The van der Waals surface area contributed by atoms with Gasteiger partial charge in [-0.2, -0.15) is 0 Å². The summed E-state index contributed by atoms with van der Waals surface area (Å²) >= 11 is 6.03. The molecule has 8 heteroatoms. The number of amides is 1. The van der Waals surface area contributed by atoms with E-state index in [1.54, 1.807) is 6.07 Å². The number of hydrogen-bond acceptors (Lipinski definition) is 5. The average molecular weight is 349 g/mol. The lowest BCUT2D eigenvalue weighted by Crippen LogP contribution is -2.15. The van der Waals surface area contributed by atoms with Crippen LogP contribution in [0.4, 0.5) is 11.4 Å². The van der Waals surface area contributed by atoms with Crippen molar-refractivity contribution in [1.29, 1.82) is 0 Å². The average Bonchev–Trinajstić information content (AvgIpc) is 2.56. The minimum Gasteiger partial charge on any atom is -0.465 e. The fourth-order valence-corrected chi connectivity index (χ4v) is 2.29. The Bertz CT molecular complexity index is 807. The molecule has 0 heterocycles. The Kier molecular flexibility index (Phi) is 5.49. The van der Waals surface area contributed by atoms with E-state index < -0.39 is 16.8 Å². The zero-order valence-corrected chi connectivity index (χ0v) is 13.4. The predicted octanol–water partition coefficient (Wildman–Crippen LogP) is 3.22. The summed E-state index contributed by atoms with van der Waals surface area (Å²) in [6.07, 6.45) is -0.174. The number of methoxy groups -OCH3 is 1. The number of para-hydroxylation sites is 1. The third kappa shape index (κ3) is 4.08. The number of nitro benzene ring substituents is 1. The number of anilines is 1. The van der Waals surface area contributed by atoms with Gasteiger partial charge in [-0.1, -0.05) is 29.8 Å².